The summed E-state index contributed by atoms with van der Waals surface area (Å²) in [6.45, 7) is 0. The van der Waals surface area contributed by atoms with E-state index in [0.29, 0.717) is 0 Å². The van der Waals surface area contributed by atoms with Gasteiger partial charge < -0.3 is 4.74 Å². The Labute approximate surface area is 338 Å². The number of rotatable bonds is 4. The minimum absolute atomic E-state index is 0.573. The molecule has 57 heavy (non-hydrogen) atoms. The van der Waals surface area contributed by atoms with Gasteiger partial charge in [0.1, 0.15) is 11.5 Å². The first kappa shape index (κ1) is 32.5. The summed E-state index contributed by atoms with van der Waals surface area (Å²) in [4.78, 5) is 4.92. The normalized spacial score (nSPS) is 13.4. The van der Waals surface area contributed by atoms with Crippen LogP contribution in [0.4, 0.5) is 0 Å². The number of aryl methyl sites for hydroxylation is 1. The summed E-state index contributed by atoms with van der Waals surface area (Å²) in [6, 6.07) is 60.0. The first-order chi connectivity index (χ1) is 28.1. The molecule has 2 aliphatic rings. The number of benzene rings is 7. The molecule has 0 saturated carbocycles. The van der Waals surface area contributed by atoms with E-state index >= 15 is 0 Å². The topological polar surface area (TPSA) is 46.1 Å². The molecule has 0 bridgehead atoms. The molecule has 1 aliphatic heterocycles. The van der Waals surface area contributed by atoms with Crippen molar-refractivity contribution in [1.29, 1.82) is 0 Å². The van der Waals surface area contributed by atoms with Gasteiger partial charge in [-0.25, -0.2) is 0 Å². The molecular formula is C50H32N4O2Pt. The Morgan fingerprint density at radius 1 is 0.526 bits per heavy atom. The van der Waals surface area contributed by atoms with Crippen molar-refractivity contribution in [3.8, 4) is 45.6 Å². The van der Waals surface area contributed by atoms with Crippen LogP contribution < -0.4 is 9.47 Å². The monoisotopic (exact) mass is 915 g/mol. The van der Waals surface area contributed by atoms with Crippen LogP contribution in [0.5, 0.6) is 23.0 Å². The van der Waals surface area contributed by atoms with E-state index in [1.165, 1.54) is 27.8 Å². The van der Waals surface area contributed by atoms with Gasteiger partial charge >= 0.3 is 194 Å². The van der Waals surface area contributed by atoms with Gasteiger partial charge in [0.15, 0.2) is 0 Å². The molecule has 4 heterocycles. The third-order valence-corrected chi connectivity index (χ3v) is 13.1. The summed E-state index contributed by atoms with van der Waals surface area (Å²) in [6.07, 6.45) is 1.86. The molecule has 0 saturated heterocycles. The van der Waals surface area contributed by atoms with Gasteiger partial charge in [0.05, 0.1) is 5.41 Å². The number of nitrogens with zero attached hydrogens (tertiary/aromatic N) is 4. The van der Waals surface area contributed by atoms with E-state index in [-0.39, 0.29) is 0 Å². The number of hydrogen-bond donors (Lipinski definition) is 0. The number of ether oxygens (including phenoxy) is 2. The molecule has 7 heteroatoms. The first-order valence-corrected chi connectivity index (χ1v) is 20.1. The Morgan fingerprint density at radius 3 is 2.00 bits per heavy atom. The molecule has 12 rings (SSSR count). The number of hydrogen-bond acceptors (Lipinski definition) is 3. The van der Waals surface area contributed by atoms with E-state index in [9.17, 15) is 0 Å². The maximum atomic E-state index is 6.72. The standard InChI is InChI=1S/C50H32N4O2.Pt/c1-52-31-53(44-20-7-6-19-43(44)52)32-13-12-14-33(27-32)55-34-24-25-36-38-29-37-35-15-2-3-16-39(35)50(40-17-4-8-21-47(40)56-48-22-9-5-18-41(48)50)42(37)30-46(38)54(45(36)28-34)49-23-10-11-26-51-49;/h2-30H,1H3;. The number of imidazole rings is 1. The van der Waals surface area contributed by atoms with Crippen LogP contribution >= 0.6 is 0 Å². The summed E-state index contributed by atoms with van der Waals surface area (Å²) < 4.78 is 21.2. The zero-order valence-corrected chi connectivity index (χ0v) is 32.9. The van der Waals surface area contributed by atoms with Crippen LogP contribution in [0.2, 0.25) is 0 Å². The van der Waals surface area contributed by atoms with Gasteiger partial charge in [0.2, 0.25) is 0 Å². The fourth-order valence-corrected chi connectivity index (χ4v) is 10.3. The molecule has 1 aliphatic carbocycles. The van der Waals surface area contributed by atoms with Gasteiger partial charge in [-0.3, -0.25) is 0 Å². The average molecular weight is 916 g/mol. The van der Waals surface area contributed by atoms with Crippen molar-refractivity contribution in [3.63, 3.8) is 0 Å². The molecule has 10 aromatic rings. The molecule has 1 spiro atoms. The van der Waals surface area contributed by atoms with Crippen molar-refractivity contribution in [2.75, 3.05) is 0 Å². The minimum atomic E-state index is -0.573. The fourth-order valence-electron chi connectivity index (χ4n) is 9.47. The number of para-hydroxylation sites is 4. The zero-order valence-electron chi connectivity index (χ0n) is 30.7. The SMILES string of the molecule is Cn1[c](=[Pt])n(-c2cccc(Oc3ccc4c5cc6c(cc5n(-c5ccccn5)c4c3)C3(c4ccccc4Oc4ccccc43)c3ccccc3-6)c2)c2ccccc21. The molecule has 7 aromatic carbocycles. The van der Waals surface area contributed by atoms with E-state index in [1.807, 2.05) is 24.4 Å². The van der Waals surface area contributed by atoms with Crippen molar-refractivity contribution in [3.05, 3.63) is 202 Å². The van der Waals surface area contributed by atoms with Crippen LogP contribution in [0, 0.1) is 3.80 Å². The van der Waals surface area contributed by atoms with E-state index in [1.54, 1.807) is 0 Å². The van der Waals surface area contributed by atoms with Crippen LogP contribution in [-0.4, -0.2) is 18.7 Å². The van der Waals surface area contributed by atoms with Gasteiger partial charge in [-0.2, -0.15) is 0 Å². The van der Waals surface area contributed by atoms with Crippen molar-refractivity contribution in [2.24, 2.45) is 7.05 Å². The van der Waals surface area contributed by atoms with Gasteiger partial charge in [-0.15, -0.1) is 0 Å². The molecule has 274 valence electrons. The van der Waals surface area contributed by atoms with Crippen LogP contribution in [-0.2, 0) is 31.8 Å². The van der Waals surface area contributed by atoms with Crippen molar-refractivity contribution < 1.29 is 28.8 Å². The van der Waals surface area contributed by atoms with Crippen LogP contribution in [0.3, 0.4) is 0 Å². The van der Waals surface area contributed by atoms with Crippen molar-refractivity contribution in [1.82, 2.24) is 18.7 Å². The summed E-state index contributed by atoms with van der Waals surface area (Å²) in [5, 5.41) is 2.29. The molecule has 3 aromatic heterocycles. The summed E-state index contributed by atoms with van der Waals surface area (Å²) in [7, 11) is 2.10. The zero-order chi connectivity index (χ0) is 37.8. The molecule has 6 nitrogen and oxygen atoms in total. The second-order valence-corrected chi connectivity index (χ2v) is 15.7. The van der Waals surface area contributed by atoms with Gasteiger partial charge in [0, 0.05) is 17.3 Å². The summed E-state index contributed by atoms with van der Waals surface area (Å²) >= 11 is 2.40. The molecule has 0 unspecified atom stereocenters. The Balaban J connectivity index is 1.08. The summed E-state index contributed by atoms with van der Waals surface area (Å²) in [5.74, 6) is 4.11. The first-order valence-electron chi connectivity index (χ1n) is 19.0. The van der Waals surface area contributed by atoms with Crippen LogP contribution in [0.25, 0.3) is 55.5 Å². The third-order valence-electron chi connectivity index (χ3n) is 11.8. The van der Waals surface area contributed by atoms with Crippen molar-refractivity contribution >= 4 is 32.8 Å². The average Bonchev–Trinajstić information content (AvgIpc) is 3.82. The number of aromatic nitrogens is 4. The van der Waals surface area contributed by atoms with E-state index in [0.717, 1.165) is 76.8 Å². The Hall–Kier alpha value is -6.75. The maximum absolute atomic E-state index is 6.72. The van der Waals surface area contributed by atoms with Gasteiger partial charge in [-0.1, -0.05) is 66.7 Å². The van der Waals surface area contributed by atoms with Crippen molar-refractivity contribution in [2.45, 2.75) is 5.41 Å². The predicted octanol–water partition coefficient (Wildman–Crippen LogP) is 11.8. The van der Waals surface area contributed by atoms with E-state index < -0.39 is 5.41 Å². The second-order valence-electron chi connectivity index (χ2n) is 14.7. The van der Waals surface area contributed by atoms with Crippen LogP contribution in [0.1, 0.15) is 22.3 Å². The Bertz CT molecular complexity index is 3310. The molecular weight excluding hydrogens is 884 g/mol. The molecule has 0 atom stereocenters. The Kier molecular flexibility index (Phi) is 6.91. The fraction of sp³-hybridized carbons (Fsp3) is 0.0400. The quantitative estimate of drug-likeness (QED) is 0.177. The predicted molar refractivity (Wildman–Crippen MR) is 222 cm³/mol. The van der Waals surface area contributed by atoms with Crippen LogP contribution in [0.15, 0.2) is 176 Å². The van der Waals surface area contributed by atoms with Gasteiger partial charge in [-0.05, 0) is 40.5 Å². The molecule has 0 amide bonds. The third kappa shape index (κ3) is 4.50. The van der Waals surface area contributed by atoms with E-state index in [4.69, 9.17) is 14.5 Å². The second kappa shape index (κ2) is 12.1. The molecule has 0 radical (unpaired) electrons. The summed E-state index contributed by atoms with van der Waals surface area (Å²) in [5.41, 5.74) is 12.1. The molecule has 0 N–H and O–H groups in total. The van der Waals surface area contributed by atoms with Gasteiger partial charge in [0.25, 0.3) is 0 Å². The van der Waals surface area contributed by atoms with E-state index in [2.05, 4.69) is 192 Å². The molecule has 0 fully saturated rings. The Morgan fingerprint density at radius 2 is 1.21 bits per heavy atom. The number of pyridine rings is 1. The number of fused-ring (bicyclic) bond motifs is 13.